The highest BCUT2D eigenvalue weighted by Gasteiger charge is 2.22. The Morgan fingerprint density at radius 2 is 1.88 bits per heavy atom. The number of amides is 1. The van der Waals surface area contributed by atoms with Crippen molar-refractivity contribution < 1.29 is 4.79 Å². The average molecular weight is 368 g/mol. The Kier molecular flexibility index (Phi) is 4.57. The van der Waals surface area contributed by atoms with Crippen LogP contribution in [-0.4, -0.2) is 51.3 Å². The van der Waals surface area contributed by atoms with Crippen molar-refractivity contribution in [1.29, 1.82) is 0 Å². The van der Waals surface area contributed by atoms with Gasteiger partial charge in [0.15, 0.2) is 4.96 Å². The molecule has 0 saturated carbocycles. The standard InChI is InChI=1S/C19H20N4O2S/c1-14-13-26-19-20-16(11-17(24)23(14)19)12-21-7-9-22(10-8-21)18(25)15-5-3-2-4-6-15/h2-6,11,13H,7-10,12H2,1H3. The van der Waals surface area contributed by atoms with E-state index in [1.807, 2.05) is 47.5 Å². The molecule has 0 spiro atoms. The Morgan fingerprint density at radius 3 is 2.62 bits per heavy atom. The van der Waals surface area contributed by atoms with E-state index >= 15 is 0 Å². The van der Waals surface area contributed by atoms with E-state index in [-0.39, 0.29) is 11.5 Å². The van der Waals surface area contributed by atoms with Crippen LogP contribution in [0.15, 0.2) is 46.6 Å². The second-order valence-corrected chi connectivity index (χ2v) is 7.35. The summed E-state index contributed by atoms with van der Waals surface area (Å²) in [7, 11) is 0. The summed E-state index contributed by atoms with van der Waals surface area (Å²) in [5, 5.41) is 1.95. The van der Waals surface area contributed by atoms with Gasteiger partial charge in [-0.25, -0.2) is 4.98 Å². The van der Waals surface area contributed by atoms with Crippen LogP contribution in [0.5, 0.6) is 0 Å². The van der Waals surface area contributed by atoms with Gasteiger partial charge in [0, 0.05) is 55.4 Å². The predicted molar refractivity (Wildman–Crippen MR) is 102 cm³/mol. The molecule has 0 bridgehead atoms. The van der Waals surface area contributed by atoms with Crippen molar-refractivity contribution in [2.75, 3.05) is 26.2 Å². The zero-order valence-electron chi connectivity index (χ0n) is 14.6. The van der Waals surface area contributed by atoms with Gasteiger partial charge in [-0.05, 0) is 19.1 Å². The summed E-state index contributed by atoms with van der Waals surface area (Å²) in [5.41, 5.74) is 2.41. The van der Waals surface area contributed by atoms with Crippen molar-refractivity contribution in [3.8, 4) is 0 Å². The van der Waals surface area contributed by atoms with Crippen LogP contribution >= 0.6 is 11.3 Å². The van der Waals surface area contributed by atoms with Crippen molar-refractivity contribution in [3.05, 3.63) is 69.1 Å². The highest BCUT2D eigenvalue weighted by Crippen LogP contribution is 2.14. The van der Waals surface area contributed by atoms with Gasteiger partial charge in [-0.15, -0.1) is 11.3 Å². The Morgan fingerprint density at radius 1 is 1.15 bits per heavy atom. The second-order valence-electron chi connectivity index (χ2n) is 6.52. The average Bonchev–Trinajstić information content (AvgIpc) is 3.04. The molecule has 0 radical (unpaired) electrons. The van der Waals surface area contributed by atoms with Gasteiger partial charge in [0.2, 0.25) is 0 Å². The molecule has 0 unspecified atom stereocenters. The Labute approximate surface area is 155 Å². The zero-order chi connectivity index (χ0) is 18.1. The SMILES string of the molecule is Cc1csc2nc(CN3CCN(C(=O)c4ccccc4)CC3)cc(=O)n12. The molecule has 0 aliphatic carbocycles. The van der Waals surface area contributed by atoms with Crippen LogP contribution in [0.2, 0.25) is 0 Å². The molecule has 1 amide bonds. The number of carbonyl (C=O) groups excluding carboxylic acids is 1. The summed E-state index contributed by atoms with van der Waals surface area (Å²) in [4.78, 5) is 34.3. The van der Waals surface area contributed by atoms with E-state index in [0.717, 1.165) is 35.0 Å². The molecule has 3 aromatic rings. The van der Waals surface area contributed by atoms with Crippen LogP contribution in [0.25, 0.3) is 4.96 Å². The largest absolute Gasteiger partial charge is 0.336 e. The fraction of sp³-hybridized carbons (Fsp3) is 0.316. The second kappa shape index (κ2) is 7.01. The van der Waals surface area contributed by atoms with Gasteiger partial charge in [0.05, 0.1) is 5.69 Å². The van der Waals surface area contributed by atoms with Crippen LogP contribution in [0, 0.1) is 6.92 Å². The lowest BCUT2D eigenvalue weighted by atomic mass is 10.2. The quantitative estimate of drug-likeness (QED) is 0.710. The highest BCUT2D eigenvalue weighted by atomic mass is 32.1. The third kappa shape index (κ3) is 3.27. The maximum atomic E-state index is 12.5. The van der Waals surface area contributed by atoms with Gasteiger partial charge in [-0.2, -0.15) is 0 Å². The summed E-state index contributed by atoms with van der Waals surface area (Å²) >= 11 is 1.49. The van der Waals surface area contributed by atoms with E-state index in [1.165, 1.54) is 11.3 Å². The maximum absolute atomic E-state index is 12.5. The summed E-state index contributed by atoms with van der Waals surface area (Å²) in [5.74, 6) is 0.0806. The molecule has 1 fully saturated rings. The van der Waals surface area contributed by atoms with Crippen molar-refractivity contribution in [1.82, 2.24) is 19.2 Å². The molecular formula is C19H20N4O2S. The molecule has 26 heavy (non-hydrogen) atoms. The minimum Gasteiger partial charge on any atom is -0.336 e. The smallest absolute Gasteiger partial charge is 0.259 e. The number of benzene rings is 1. The van der Waals surface area contributed by atoms with E-state index in [9.17, 15) is 9.59 Å². The molecule has 4 rings (SSSR count). The van der Waals surface area contributed by atoms with Crippen LogP contribution in [0.4, 0.5) is 0 Å². The van der Waals surface area contributed by atoms with Crippen LogP contribution < -0.4 is 5.56 Å². The lowest BCUT2D eigenvalue weighted by Gasteiger charge is -2.34. The van der Waals surface area contributed by atoms with Gasteiger partial charge in [0.1, 0.15) is 0 Å². The molecular weight excluding hydrogens is 348 g/mol. The monoisotopic (exact) mass is 368 g/mol. The summed E-state index contributed by atoms with van der Waals surface area (Å²) in [6, 6.07) is 11.0. The van der Waals surface area contributed by atoms with Gasteiger partial charge >= 0.3 is 0 Å². The molecule has 3 heterocycles. The lowest BCUT2D eigenvalue weighted by Crippen LogP contribution is -2.48. The number of rotatable bonds is 3. The number of hydrogen-bond acceptors (Lipinski definition) is 5. The molecule has 134 valence electrons. The Bertz CT molecular complexity index is 988. The molecule has 1 aliphatic rings. The molecule has 1 aliphatic heterocycles. The van der Waals surface area contributed by atoms with Crippen molar-refractivity contribution in [3.63, 3.8) is 0 Å². The van der Waals surface area contributed by atoms with Crippen LogP contribution in [0.3, 0.4) is 0 Å². The number of nitrogens with zero attached hydrogens (tertiary/aromatic N) is 4. The zero-order valence-corrected chi connectivity index (χ0v) is 15.4. The van der Waals surface area contributed by atoms with Crippen LogP contribution in [-0.2, 0) is 6.54 Å². The predicted octanol–water partition coefficient (Wildman–Crippen LogP) is 2.02. The number of fused-ring (bicyclic) bond motifs is 1. The fourth-order valence-electron chi connectivity index (χ4n) is 3.28. The molecule has 7 heteroatoms. The highest BCUT2D eigenvalue weighted by molar-refractivity contribution is 7.15. The van der Waals surface area contributed by atoms with Gasteiger partial charge in [-0.3, -0.25) is 18.9 Å². The molecule has 1 aromatic carbocycles. The summed E-state index contributed by atoms with van der Waals surface area (Å²) in [6.45, 7) is 5.48. The Balaban J connectivity index is 1.41. The fourth-order valence-corrected chi connectivity index (χ4v) is 4.17. The minimum absolute atomic E-state index is 0.0263. The van der Waals surface area contributed by atoms with E-state index in [1.54, 1.807) is 10.5 Å². The van der Waals surface area contributed by atoms with Gasteiger partial charge in [-0.1, -0.05) is 18.2 Å². The van der Waals surface area contributed by atoms with Crippen molar-refractivity contribution in [2.45, 2.75) is 13.5 Å². The molecule has 6 nitrogen and oxygen atoms in total. The normalized spacial score (nSPS) is 15.5. The molecule has 0 atom stereocenters. The van der Waals surface area contributed by atoms with Gasteiger partial charge < -0.3 is 4.90 Å². The van der Waals surface area contributed by atoms with Crippen LogP contribution in [0.1, 0.15) is 21.7 Å². The summed E-state index contributed by atoms with van der Waals surface area (Å²) in [6.07, 6.45) is 0. The van der Waals surface area contributed by atoms with E-state index in [0.29, 0.717) is 19.6 Å². The number of hydrogen-bond donors (Lipinski definition) is 0. The first-order chi connectivity index (χ1) is 12.6. The van der Waals surface area contributed by atoms with E-state index < -0.39 is 0 Å². The number of thiazole rings is 1. The maximum Gasteiger partial charge on any atom is 0.259 e. The first kappa shape index (κ1) is 16.9. The lowest BCUT2D eigenvalue weighted by molar-refractivity contribution is 0.0627. The topological polar surface area (TPSA) is 57.9 Å². The molecule has 1 saturated heterocycles. The number of aryl methyl sites for hydroxylation is 1. The van der Waals surface area contributed by atoms with Gasteiger partial charge in [0.25, 0.3) is 11.5 Å². The summed E-state index contributed by atoms with van der Waals surface area (Å²) < 4.78 is 1.64. The first-order valence-corrected chi connectivity index (χ1v) is 9.53. The number of carbonyl (C=O) groups is 1. The van der Waals surface area contributed by atoms with E-state index in [4.69, 9.17) is 0 Å². The Hall–Kier alpha value is -2.51. The third-order valence-electron chi connectivity index (χ3n) is 4.69. The third-order valence-corrected chi connectivity index (χ3v) is 5.64. The van der Waals surface area contributed by atoms with E-state index in [2.05, 4.69) is 9.88 Å². The van der Waals surface area contributed by atoms with Crippen molar-refractivity contribution >= 4 is 22.2 Å². The molecule has 0 N–H and O–H groups in total. The minimum atomic E-state index is -0.0263. The number of aromatic nitrogens is 2. The first-order valence-electron chi connectivity index (χ1n) is 8.65. The molecule has 2 aromatic heterocycles. The van der Waals surface area contributed by atoms with Crippen molar-refractivity contribution in [2.24, 2.45) is 0 Å². The number of piperazine rings is 1.